The van der Waals surface area contributed by atoms with Gasteiger partial charge in [-0.1, -0.05) is 0 Å². The Kier molecular flexibility index (Phi) is 3.59. The fraction of sp³-hybridized carbons (Fsp3) is 0.583. The van der Waals surface area contributed by atoms with Gasteiger partial charge in [-0.3, -0.25) is 0 Å². The van der Waals surface area contributed by atoms with Crippen LogP contribution in [0.25, 0.3) is 0 Å². The summed E-state index contributed by atoms with van der Waals surface area (Å²) in [7, 11) is 0. The molecule has 3 saturated heterocycles. The predicted octanol–water partition coefficient (Wildman–Crippen LogP) is 2.69. The van der Waals surface area contributed by atoms with E-state index in [9.17, 15) is 4.79 Å². The van der Waals surface area contributed by atoms with Crippen LogP contribution in [-0.4, -0.2) is 36.7 Å². The monoisotopic (exact) mass is 330 g/mol. The van der Waals surface area contributed by atoms with Crippen LogP contribution in [0.1, 0.15) is 12.8 Å². The van der Waals surface area contributed by atoms with Crippen LogP contribution in [0, 0.1) is 5.92 Å². The molecule has 2 bridgehead atoms. The van der Waals surface area contributed by atoms with Crippen molar-refractivity contribution < 1.29 is 9.53 Å². The van der Waals surface area contributed by atoms with Crippen molar-refractivity contribution >= 4 is 33.4 Å². The van der Waals surface area contributed by atoms with Gasteiger partial charge in [0.15, 0.2) is 5.06 Å². The Balaban J connectivity index is 1.55. The first-order valence-corrected chi connectivity index (χ1v) is 7.83. The third kappa shape index (κ3) is 2.70. The van der Waals surface area contributed by atoms with E-state index < -0.39 is 0 Å². The molecule has 3 fully saturated rings. The number of nitrogens with zero attached hydrogens (tertiary/aromatic N) is 1. The summed E-state index contributed by atoms with van der Waals surface area (Å²) in [5.41, 5.74) is 0. The Morgan fingerprint density at radius 1 is 1.50 bits per heavy atom. The van der Waals surface area contributed by atoms with E-state index in [1.165, 1.54) is 37.3 Å². The number of fused-ring (bicyclic) bond motifs is 3. The van der Waals surface area contributed by atoms with Crippen LogP contribution < -0.4 is 10.1 Å². The number of carbonyl (C=O) groups is 1. The Hall–Kier alpha value is -0.590. The molecule has 3 aliphatic heterocycles. The molecule has 6 heteroatoms. The number of halogens is 1. The van der Waals surface area contributed by atoms with Gasteiger partial charge < -0.3 is 15.0 Å². The van der Waals surface area contributed by atoms with E-state index in [2.05, 4.69) is 26.1 Å². The summed E-state index contributed by atoms with van der Waals surface area (Å²) in [6.07, 6.45) is 2.05. The Morgan fingerprint density at radius 2 is 2.28 bits per heavy atom. The van der Waals surface area contributed by atoms with Crippen LogP contribution >= 0.6 is 27.3 Å². The zero-order chi connectivity index (χ0) is 12.5. The van der Waals surface area contributed by atoms with Crippen molar-refractivity contribution in [3.8, 4) is 5.06 Å². The molecule has 1 N–H and O–H groups in total. The molecular formula is C12H15BrN2O2S. The zero-order valence-electron chi connectivity index (χ0n) is 9.89. The molecule has 0 saturated carbocycles. The fourth-order valence-electron chi connectivity index (χ4n) is 2.75. The van der Waals surface area contributed by atoms with Crippen molar-refractivity contribution in [1.82, 2.24) is 10.2 Å². The second kappa shape index (κ2) is 5.19. The fourth-order valence-corrected chi connectivity index (χ4v) is 4.00. The molecule has 4 heterocycles. The van der Waals surface area contributed by atoms with Gasteiger partial charge in [-0.2, -0.15) is 0 Å². The van der Waals surface area contributed by atoms with E-state index >= 15 is 0 Å². The lowest BCUT2D eigenvalue weighted by Crippen LogP contribution is -2.57. The molecule has 4 nitrogen and oxygen atoms in total. The number of ether oxygens (including phenoxy) is 1. The number of carbonyl (C=O) groups excluding carboxylic acids is 1. The highest BCUT2D eigenvalue weighted by atomic mass is 79.9. The van der Waals surface area contributed by atoms with Gasteiger partial charge in [0.2, 0.25) is 0 Å². The van der Waals surface area contributed by atoms with E-state index in [-0.39, 0.29) is 12.1 Å². The smallest absolute Gasteiger partial charge is 0.399 e. The molecule has 1 amide bonds. The van der Waals surface area contributed by atoms with Crippen LogP contribution in [0.15, 0.2) is 15.9 Å². The van der Waals surface area contributed by atoms with Crippen LogP contribution in [0.2, 0.25) is 0 Å². The maximum atomic E-state index is 11.8. The SMILES string of the molecule is O=C(N[C@H]1CN2CCC1CC2)Oc1cc(Br)cs1. The number of amides is 1. The molecule has 0 spiro atoms. The summed E-state index contributed by atoms with van der Waals surface area (Å²) in [6.45, 7) is 3.32. The first-order chi connectivity index (χ1) is 8.70. The first kappa shape index (κ1) is 12.4. The third-order valence-corrected chi connectivity index (χ3v) is 5.26. The second-order valence-electron chi connectivity index (χ2n) is 4.86. The number of nitrogens with one attached hydrogen (secondary N) is 1. The molecule has 0 radical (unpaired) electrons. The molecule has 4 rings (SSSR count). The molecular weight excluding hydrogens is 316 g/mol. The summed E-state index contributed by atoms with van der Waals surface area (Å²) in [6, 6.07) is 2.06. The van der Waals surface area contributed by atoms with Gasteiger partial charge in [-0.25, -0.2) is 4.79 Å². The van der Waals surface area contributed by atoms with Gasteiger partial charge >= 0.3 is 6.09 Å². The van der Waals surface area contributed by atoms with E-state index in [0.29, 0.717) is 11.0 Å². The highest BCUT2D eigenvalue weighted by Crippen LogP contribution is 2.29. The minimum Gasteiger partial charge on any atom is -0.399 e. The zero-order valence-corrected chi connectivity index (χ0v) is 12.3. The van der Waals surface area contributed by atoms with Gasteiger partial charge in [0.25, 0.3) is 0 Å². The van der Waals surface area contributed by atoms with Gasteiger partial charge in [0.1, 0.15) is 0 Å². The number of piperidine rings is 3. The lowest BCUT2D eigenvalue weighted by atomic mass is 9.84. The Morgan fingerprint density at radius 3 is 2.83 bits per heavy atom. The second-order valence-corrected chi connectivity index (χ2v) is 6.65. The van der Waals surface area contributed by atoms with E-state index in [0.717, 1.165) is 11.0 Å². The maximum Gasteiger partial charge on any atom is 0.413 e. The van der Waals surface area contributed by atoms with Crippen molar-refractivity contribution in [2.75, 3.05) is 19.6 Å². The molecule has 0 aliphatic carbocycles. The molecule has 98 valence electrons. The predicted molar refractivity (Wildman–Crippen MR) is 74.1 cm³/mol. The molecule has 0 aromatic carbocycles. The van der Waals surface area contributed by atoms with E-state index in [1.807, 2.05) is 5.38 Å². The summed E-state index contributed by atoms with van der Waals surface area (Å²) in [5.74, 6) is 0.623. The third-order valence-electron chi connectivity index (χ3n) is 3.70. The van der Waals surface area contributed by atoms with Gasteiger partial charge in [0, 0.05) is 28.5 Å². The van der Waals surface area contributed by atoms with Crippen molar-refractivity contribution in [2.24, 2.45) is 5.92 Å². The summed E-state index contributed by atoms with van der Waals surface area (Å²) >= 11 is 4.75. The maximum absolute atomic E-state index is 11.8. The molecule has 1 aromatic heterocycles. The lowest BCUT2D eigenvalue weighted by Gasteiger charge is -2.44. The average Bonchev–Trinajstić information content (AvgIpc) is 2.76. The number of hydrogen-bond donors (Lipinski definition) is 1. The standard InChI is InChI=1S/C12H15BrN2O2S/c13-9-5-11(18-7-9)17-12(16)14-10-6-15-3-1-8(10)2-4-15/h5,7-8,10H,1-4,6H2,(H,14,16)/t10-/m0/s1. The average molecular weight is 331 g/mol. The van der Waals surface area contributed by atoms with Crippen molar-refractivity contribution in [3.63, 3.8) is 0 Å². The minimum absolute atomic E-state index is 0.253. The highest BCUT2D eigenvalue weighted by Gasteiger charge is 2.35. The van der Waals surface area contributed by atoms with E-state index in [4.69, 9.17) is 4.74 Å². The number of rotatable bonds is 2. The molecule has 18 heavy (non-hydrogen) atoms. The first-order valence-electron chi connectivity index (χ1n) is 6.15. The molecule has 1 atom stereocenters. The summed E-state index contributed by atoms with van der Waals surface area (Å²) < 4.78 is 6.21. The summed E-state index contributed by atoms with van der Waals surface area (Å²) in [4.78, 5) is 14.2. The van der Waals surface area contributed by atoms with Gasteiger partial charge in [-0.05, 0) is 47.8 Å². The lowest BCUT2D eigenvalue weighted by molar-refractivity contribution is 0.0726. The van der Waals surface area contributed by atoms with Crippen LogP contribution in [0.4, 0.5) is 4.79 Å². The van der Waals surface area contributed by atoms with Gasteiger partial charge in [-0.15, -0.1) is 11.3 Å². The molecule has 1 aromatic rings. The minimum atomic E-state index is -0.330. The quantitative estimate of drug-likeness (QED) is 0.906. The van der Waals surface area contributed by atoms with Crippen LogP contribution in [0.5, 0.6) is 5.06 Å². The van der Waals surface area contributed by atoms with Crippen molar-refractivity contribution in [1.29, 1.82) is 0 Å². The normalized spacial score (nSPS) is 30.2. The topological polar surface area (TPSA) is 41.6 Å². The molecule has 0 unspecified atom stereocenters. The van der Waals surface area contributed by atoms with Crippen molar-refractivity contribution in [3.05, 3.63) is 15.9 Å². The van der Waals surface area contributed by atoms with Crippen molar-refractivity contribution in [2.45, 2.75) is 18.9 Å². The Bertz CT molecular complexity index is 443. The van der Waals surface area contributed by atoms with E-state index in [1.54, 1.807) is 6.07 Å². The largest absolute Gasteiger partial charge is 0.413 e. The van der Waals surface area contributed by atoms with Crippen LogP contribution in [-0.2, 0) is 0 Å². The summed E-state index contributed by atoms with van der Waals surface area (Å²) in [5, 5.41) is 5.52. The molecule has 3 aliphatic rings. The Labute approximate surface area is 118 Å². The van der Waals surface area contributed by atoms with Gasteiger partial charge in [0.05, 0.1) is 0 Å². The number of thiophene rings is 1. The highest BCUT2D eigenvalue weighted by molar-refractivity contribution is 9.10. The number of hydrogen-bond acceptors (Lipinski definition) is 4. The van der Waals surface area contributed by atoms with Crippen LogP contribution in [0.3, 0.4) is 0 Å².